The van der Waals surface area contributed by atoms with Gasteiger partial charge < -0.3 is 14.8 Å². The number of carbonyl (C=O) groups excluding carboxylic acids is 2. The minimum Gasteiger partial charge on any atom is -0.464 e. The molecule has 0 aliphatic rings. The zero-order chi connectivity index (χ0) is 25.0. The van der Waals surface area contributed by atoms with E-state index in [9.17, 15) is 9.59 Å². The highest BCUT2D eigenvalue weighted by Gasteiger charge is 2.26. The van der Waals surface area contributed by atoms with Crippen LogP contribution < -0.4 is 5.32 Å². The van der Waals surface area contributed by atoms with Crippen molar-refractivity contribution in [2.75, 3.05) is 13.2 Å². The van der Waals surface area contributed by atoms with Crippen LogP contribution in [0.25, 0.3) is 0 Å². The van der Waals surface area contributed by atoms with E-state index in [-0.39, 0.29) is 17.3 Å². The normalized spacial score (nSPS) is 12.6. The van der Waals surface area contributed by atoms with Crippen molar-refractivity contribution in [3.63, 3.8) is 0 Å². The van der Waals surface area contributed by atoms with E-state index in [1.54, 1.807) is 0 Å². The van der Waals surface area contributed by atoms with Gasteiger partial charge in [0.25, 0.3) is 0 Å². The average molecular weight is 470 g/mol. The monoisotopic (exact) mass is 469 g/mol. The van der Waals surface area contributed by atoms with Crippen LogP contribution in [0.3, 0.4) is 0 Å². The predicted octanol–water partition coefficient (Wildman–Crippen LogP) is 8.20. The lowest BCUT2D eigenvalue weighted by atomic mass is 9.99. The molecule has 1 N–H and O–H groups in total. The fourth-order valence-corrected chi connectivity index (χ4v) is 3.68. The summed E-state index contributed by atoms with van der Waals surface area (Å²) in [5.74, 6) is -0.427. The van der Waals surface area contributed by atoms with Crippen molar-refractivity contribution in [3.05, 3.63) is 0 Å². The van der Waals surface area contributed by atoms with E-state index >= 15 is 0 Å². The van der Waals surface area contributed by atoms with Crippen molar-refractivity contribution >= 4 is 12.1 Å². The molecule has 0 fully saturated rings. The zero-order valence-corrected chi connectivity index (χ0v) is 22.8. The summed E-state index contributed by atoms with van der Waals surface area (Å²) in [5, 5.41) is 2.66. The molecule has 0 bridgehead atoms. The maximum atomic E-state index is 12.4. The molecule has 33 heavy (non-hydrogen) atoms. The van der Waals surface area contributed by atoms with Crippen LogP contribution in [0.2, 0.25) is 0 Å². The SMILES string of the molecule is CCCCCCCCCCCCCCCCCOC(=O)C(NC(=O)OCC(C)(C)C)C(C)C. The van der Waals surface area contributed by atoms with Crippen molar-refractivity contribution in [2.24, 2.45) is 11.3 Å². The number of esters is 1. The molecule has 0 aliphatic heterocycles. The van der Waals surface area contributed by atoms with E-state index in [0.717, 1.165) is 12.8 Å². The Morgan fingerprint density at radius 3 is 1.52 bits per heavy atom. The van der Waals surface area contributed by atoms with Gasteiger partial charge in [0, 0.05) is 0 Å². The molecule has 0 saturated heterocycles. The molecule has 1 unspecified atom stereocenters. The highest BCUT2D eigenvalue weighted by molar-refractivity contribution is 5.81. The minimum absolute atomic E-state index is 0.0549. The maximum absolute atomic E-state index is 12.4. The predicted molar refractivity (Wildman–Crippen MR) is 138 cm³/mol. The minimum atomic E-state index is -0.672. The van der Waals surface area contributed by atoms with Crippen LogP contribution in [-0.2, 0) is 14.3 Å². The number of hydrogen-bond donors (Lipinski definition) is 1. The topological polar surface area (TPSA) is 64.6 Å². The Kier molecular flexibility index (Phi) is 19.4. The Balaban J connectivity index is 3.68. The lowest BCUT2D eigenvalue weighted by molar-refractivity contribution is -0.147. The first-order valence-corrected chi connectivity index (χ1v) is 13.8. The molecule has 0 aliphatic carbocycles. The van der Waals surface area contributed by atoms with Crippen LogP contribution >= 0.6 is 0 Å². The summed E-state index contributed by atoms with van der Waals surface area (Å²) in [6.07, 6.45) is 19.1. The highest BCUT2D eigenvalue weighted by Crippen LogP contribution is 2.15. The molecule has 5 nitrogen and oxygen atoms in total. The highest BCUT2D eigenvalue weighted by atomic mass is 16.6. The van der Waals surface area contributed by atoms with Crippen LogP contribution in [0.5, 0.6) is 0 Å². The molecular weight excluding hydrogens is 414 g/mol. The van der Waals surface area contributed by atoms with E-state index in [2.05, 4.69) is 12.2 Å². The molecule has 0 heterocycles. The van der Waals surface area contributed by atoms with Gasteiger partial charge in [0.1, 0.15) is 6.04 Å². The van der Waals surface area contributed by atoms with Crippen molar-refractivity contribution in [1.29, 1.82) is 0 Å². The number of nitrogens with one attached hydrogen (secondary N) is 1. The van der Waals surface area contributed by atoms with Crippen LogP contribution in [-0.4, -0.2) is 31.3 Å². The van der Waals surface area contributed by atoms with Gasteiger partial charge >= 0.3 is 12.1 Å². The Morgan fingerprint density at radius 1 is 0.697 bits per heavy atom. The molecule has 0 spiro atoms. The molecule has 196 valence electrons. The second-order valence-corrected chi connectivity index (χ2v) is 11.1. The fourth-order valence-electron chi connectivity index (χ4n) is 3.68. The van der Waals surface area contributed by atoms with E-state index in [0.29, 0.717) is 13.2 Å². The number of hydrogen-bond acceptors (Lipinski definition) is 4. The number of carbonyl (C=O) groups is 2. The molecule has 0 aromatic carbocycles. The van der Waals surface area contributed by atoms with Crippen LogP contribution in [0, 0.1) is 11.3 Å². The van der Waals surface area contributed by atoms with E-state index in [4.69, 9.17) is 9.47 Å². The van der Waals surface area contributed by atoms with Gasteiger partial charge in [-0.25, -0.2) is 9.59 Å². The molecule has 0 rings (SSSR count). The number of ether oxygens (including phenoxy) is 2. The van der Waals surface area contributed by atoms with Crippen molar-refractivity contribution in [2.45, 2.75) is 144 Å². The number of rotatable bonds is 20. The van der Waals surface area contributed by atoms with Gasteiger partial charge in [0.2, 0.25) is 0 Å². The standard InChI is InChI=1S/C28H55NO4/c1-7-8-9-10-11-12-13-14-15-16-17-18-19-20-21-22-32-26(30)25(24(2)3)29-27(31)33-23-28(4,5)6/h24-25H,7-23H2,1-6H3,(H,29,31). The first-order chi connectivity index (χ1) is 15.7. The fraction of sp³-hybridized carbons (Fsp3) is 0.929. The summed E-state index contributed by atoms with van der Waals surface area (Å²) in [7, 11) is 0. The quantitative estimate of drug-likeness (QED) is 0.144. The molecule has 5 heteroatoms. The first-order valence-electron chi connectivity index (χ1n) is 13.8. The van der Waals surface area contributed by atoms with Gasteiger partial charge in [0.05, 0.1) is 13.2 Å². The maximum Gasteiger partial charge on any atom is 0.407 e. The van der Waals surface area contributed by atoms with E-state index < -0.39 is 12.1 Å². The summed E-state index contributed by atoms with van der Waals surface area (Å²) < 4.78 is 10.6. The Hall–Kier alpha value is -1.26. The third-order valence-corrected chi connectivity index (χ3v) is 5.82. The Bertz CT molecular complexity index is 485. The second-order valence-electron chi connectivity index (χ2n) is 11.1. The number of amides is 1. The average Bonchev–Trinajstić information content (AvgIpc) is 2.74. The zero-order valence-electron chi connectivity index (χ0n) is 22.8. The van der Waals surface area contributed by atoms with Crippen LogP contribution in [0.1, 0.15) is 138 Å². The molecule has 1 amide bonds. The third kappa shape index (κ3) is 21.0. The number of unbranched alkanes of at least 4 members (excludes halogenated alkanes) is 14. The first kappa shape index (κ1) is 31.7. The number of alkyl carbamates (subject to hydrolysis) is 1. The van der Waals surface area contributed by atoms with Gasteiger partial charge in [-0.1, -0.05) is 131 Å². The molecule has 1 atom stereocenters. The Morgan fingerprint density at radius 2 is 1.12 bits per heavy atom. The summed E-state index contributed by atoms with van der Waals surface area (Å²) in [5.41, 5.74) is -0.112. The van der Waals surface area contributed by atoms with Gasteiger partial charge in [-0.05, 0) is 17.8 Å². The van der Waals surface area contributed by atoms with Gasteiger partial charge in [0.15, 0.2) is 0 Å². The van der Waals surface area contributed by atoms with E-state index in [1.165, 1.54) is 83.5 Å². The summed E-state index contributed by atoms with van der Waals surface area (Å²) in [4.78, 5) is 24.4. The third-order valence-electron chi connectivity index (χ3n) is 5.82. The molecular formula is C28H55NO4. The van der Waals surface area contributed by atoms with Crippen molar-refractivity contribution in [3.8, 4) is 0 Å². The second kappa shape index (κ2) is 20.1. The summed E-state index contributed by atoms with van der Waals surface area (Å²) >= 11 is 0. The van der Waals surface area contributed by atoms with Gasteiger partial charge in [-0.2, -0.15) is 0 Å². The lowest BCUT2D eigenvalue weighted by Gasteiger charge is -2.22. The molecule has 0 aromatic rings. The summed E-state index contributed by atoms with van der Waals surface area (Å²) in [6.45, 7) is 12.7. The Labute approximate surface area is 205 Å². The molecule has 0 saturated carbocycles. The van der Waals surface area contributed by atoms with E-state index in [1.807, 2.05) is 34.6 Å². The summed E-state index contributed by atoms with van der Waals surface area (Å²) in [6, 6.07) is -0.672. The van der Waals surface area contributed by atoms with Crippen molar-refractivity contribution < 1.29 is 19.1 Å². The van der Waals surface area contributed by atoms with Gasteiger partial charge in [-0.3, -0.25) is 0 Å². The molecule has 0 radical (unpaired) electrons. The van der Waals surface area contributed by atoms with Gasteiger partial charge in [-0.15, -0.1) is 0 Å². The largest absolute Gasteiger partial charge is 0.464 e. The molecule has 0 aromatic heterocycles. The smallest absolute Gasteiger partial charge is 0.407 e. The van der Waals surface area contributed by atoms with Crippen LogP contribution in [0.4, 0.5) is 4.79 Å². The van der Waals surface area contributed by atoms with Crippen molar-refractivity contribution in [1.82, 2.24) is 5.32 Å². The van der Waals surface area contributed by atoms with Crippen LogP contribution in [0.15, 0.2) is 0 Å². The lowest BCUT2D eigenvalue weighted by Crippen LogP contribution is -2.46.